The largest absolute Gasteiger partial charge is 0.458 e. The summed E-state index contributed by atoms with van der Waals surface area (Å²) in [6, 6.07) is 0. The number of hydrogen-bond acceptors (Lipinski definition) is 4. The Morgan fingerprint density at radius 2 is 2.19 bits per heavy atom. The fraction of sp³-hybridized carbons (Fsp3) is 0.643. The van der Waals surface area contributed by atoms with Gasteiger partial charge in [0.25, 0.3) is 0 Å². The number of unbranched alkanes of at least 4 members (excludes halogenated alkanes) is 1. The van der Waals surface area contributed by atoms with Crippen molar-refractivity contribution in [3.63, 3.8) is 0 Å². The average Bonchev–Trinajstić information content (AvgIpc) is 2.81. The van der Waals surface area contributed by atoms with Gasteiger partial charge in [-0.2, -0.15) is 5.10 Å². The first kappa shape index (κ1) is 17.4. The first-order valence-electron chi connectivity index (χ1n) is 7.31. The van der Waals surface area contributed by atoms with Gasteiger partial charge in [0.05, 0.1) is 11.8 Å². The van der Waals surface area contributed by atoms with Crippen LogP contribution in [0.2, 0.25) is 0 Å². The van der Waals surface area contributed by atoms with Gasteiger partial charge in [0.1, 0.15) is 0 Å². The number of nitrogens with zero attached hydrogens (tertiary/aromatic N) is 2. The Bertz CT molecular complexity index is 485. The van der Waals surface area contributed by atoms with E-state index in [-0.39, 0.29) is 11.8 Å². The molecule has 0 aliphatic heterocycles. The molecule has 1 aromatic heterocycles. The maximum atomic E-state index is 12.0. The number of aryl methyl sites for hydroxylation is 1. The van der Waals surface area contributed by atoms with E-state index in [1.165, 1.54) is 0 Å². The van der Waals surface area contributed by atoms with E-state index in [4.69, 9.17) is 17.0 Å². The van der Waals surface area contributed by atoms with Crippen LogP contribution in [-0.4, -0.2) is 33.5 Å². The SMILES string of the molecule is CCCCNC(=S)Nc1cn(CC)nc1C(=O)OC(C)C. The average molecular weight is 312 g/mol. The number of ether oxygens (including phenoxy) is 1. The van der Waals surface area contributed by atoms with Crippen LogP contribution >= 0.6 is 12.2 Å². The second-order valence-corrected chi connectivity index (χ2v) is 5.34. The third kappa shape index (κ3) is 5.71. The summed E-state index contributed by atoms with van der Waals surface area (Å²) in [4.78, 5) is 12.0. The van der Waals surface area contributed by atoms with Gasteiger partial charge in [-0.15, -0.1) is 0 Å². The summed E-state index contributed by atoms with van der Waals surface area (Å²) in [7, 11) is 0. The Labute approximate surface area is 131 Å². The van der Waals surface area contributed by atoms with Crippen molar-refractivity contribution in [2.24, 2.45) is 0 Å². The van der Waals surface area contributed by atoms with Crippen LogP contribution < -0.4 is 10.6 Å². The molecule has 0 atom stereocenters. The molecule has 118 valence electrons. The Balaban J connectivity index is 2.77. The quantitative estimate of drug-likeness (QED) is 0.458. The van der Waals surface area contributed by atoms with Crippen LogP contribution in [-0.2, 0) is 11.3 Å². The molecule has 0 bridgehead atoms. The molecule has 2 N–H and O–H groups in total. The van der Waals surface area contributed by atoms with E-state index >= 15 is 0 Å². The van der Waals surface area contributed by atoms with Gasteiger partial charge >= 0.3 is 5.97 Å². The molecule has 0 saturated heterocycles. The van der Waals surface area contributed by atoms with Crippen molar-refractivity contribution in [2.45, 2.75) is 53.2 Å². The smallest absolute Gasteiger partial charge is 0.361 e. The van der Waals surface area contributed by atoms with Crippen LogP contribution in [0.5, 0.6) is 0 Å². The number of carbonyl (C=O) groups excluding carboxylic acids is 1. The standard InChI is InChI=1S/C14H24N4O2S/c1-5-7-8-15-14(21)16-11-9-18(6-2)17-12(11)13(19)20-10(3)4/h9-10H,5-8H2,1-4H3,(H2,15,16,21). The van der Waals surface area contributed by atoms with Gasteiger partial charge in [-0.3, -0.25) is 4.68 Å². The predicted octanol–water partition coefficient (Wildman–Crippen LogP) is 2.55. The van der Waals surface area contributed by atoms with Crippen molar-refractivity contribution in [2.75, 3.05) is 11.9 Å². The van der Waals surface area contributed by atoms with Gasteiger partial charge in [0.2, 0.25) is 0 Å². The van der Waals surface area contributed by atoms with E-state index in [9.17, 15) is 4.79 Å². The fourth-order valence-electron chi connectivity index (χ4n) is 1.64. The maximum Gasteiger partial charge on any atom is 0.361 e. The summed E-state index contributed by atoms with van der Waals surface area (Å²) in [6.45, 7) is 9.14. The molecule has 21 heavy (non-hydrogen) atoms. The predicted molar refractivity (Wildman–Crippen MR) is 87.6 cm³/mol. The van der Waals surface area contributed by atoms with E-state index in [1.807, 2.05) is 6.92 Å². The van der Waals surface area contributed by atoms with E-state index in [0.29, 0.717) is 17.3 Å². The molecule has 1 rings (SSSR count). The first-order valence-corrected chi connectivity index (χ1v) is 7.72. The molecule has 0 amide bonds. The Kier molecular flexibility index (Phi) is 7.14. The minimum Gasteiger partial charge on any atom is -0.458 e. The minimum atomic E-state index is -0.448. The number of nitrogens with one attached hydrogen (secondary N) is 2. The van der Waals surface area contributed by atoms with Gasteiger partial charge < -0.3 is 15.4 Å². The number of aromatic nitrogens is 2. The lowest BCUT2D eigenvalue weighted by atomic mass is 10.3. The summed E-state index contributed by atoms with van der Waals surface area (Å²) in [5.41, 5.74) is 0.821. The first-order chi connectivity index (χ1) is 9.97. The molecule has 7 heteroatoms. The zero-order chi connectivity index (χ0) is 15.8. The number of thiocarbonyl (C=S) groups is 1. The van der Waals surface area contributed by atoms with Gasteiger partial charge in [-0.25, -0.2) is 4.79 Å². The monoisotopic (exact) mass is 312 g/mol. The van der Waals surface area contributed by atoms with Crippen molar-refractivity contribution in [3.05, 3.63) is 11.9 Å². The van der Waals surface area contributed by atoms with Crippen molar-refractivity contribution < 1.29 is 9.53 Å². The Morgan fingerprint density at radius 1 is 1.48 bits per heavy atom. The van der Waals surface area contributed by atoms with E-state index in [2.05, 4.69) is 22.7 Å². The lowest BCUT2D eigenvalue weighted by Gasteiger charge is -2.10. The summed E-state index contributed by atoms with van der Waals surface area (Å²) >= 11 is 5.22. The van der Waals surface area contributed by atoms with Crippen LogP contribution in [0.15, 0.2) is 6.20 Å². The highest BCUT2D eigenvalue weighted by Gasteiger charge is 2.19. The van der Waals surface area contributed by atoms with Gasteiger partial charge in [0, 0.05) is 19.3 Å². The molecule has 6 nitrogen and oxygen atoms in total. The molecule has 0 fully saturated rings. The highest BCUT2D eigenvalue weighted by Crippen LogP contribution is 2.16. The lowest BCUT2D eigenvalue weighted by Crippen LogP contribution is -2.29. The summed E-state index contributed by atoms with van der Waals surface area (Å²) < 4.78 is 6.87. The summed E-state index contributed by atoms with van der Waals surface area (Å²) in [6.07, 6.45) is 3.70. The molecule has 0 spiro atoms. The molecule has 0 aromatic carbocycles. The number of carbonyl (C=O) groups is 1. The van der Waals surface area contributed by atoms with Crippen LogP contribution in [0, 0.1) is 0 Å². The van der Waals surface area contributed by atoms with Gasteiger partial charge in [-0.05, 0) is 39.4 Å². The van der Waals surface area contributed by atoms with Crippen molar-refractivity contribution in [1.82, 2.24) is 15.1 Å². The zero-order valence-electron chi connectivity index (χ0n) is 13.1. The third-order valence-corrected chi connectivity index (χ3v) is 2.93. The second-order valence-electron chi connectivity index (χ2n) is 4.94. The molecule has 0 aliphatic rings. The van der Waals surface area contributed by atoms with Crippen molar-refractivity contribution in [1.29, 1.82) is 0 Å². The number of hydrogen-bond donors (Lipinski definition) is 2. The molecular weight excluding hydrogens is 288 g/mol. The molecule has 0 radical (unpaired) electrons. The molecular formula is C14H24N4O2S. The molecule has 1 heterocycles. The molecule has 0 aliphatic carbocycles. The number of rotatable bonds is 7. The molecule has 1 aromatic rings. The number of anilines is 1. The fourth-order valence-corrected chi connectivity index (χ4v) is 1.85. The number of esters is 1. The maximum absolute atomic E-state index is 12.0. The van der Waals surface area contributed by atoms with Crippen molar-refractivity contribution >= 4 is 29.0 Å². The molecule has 0 unspecified atom stereocenters. The van der Waals surface area contributed by atoms with Crippen LogP contribution in [0.1, 0.15) is 51.0 Å². The highest BCUT2D eigenvalue weighted by molar-refractivity contribution is 7.80. The summed E-state index contributed by atoms with van der Waals surface area (Å²) in [5.74, 6) is -0.448. The highest BCUT2D eigenvalue weighted by atomic mass is 32.1. The second kappa shape index (κ2) is 8.61. The Hall–Kier alpha value is -1.63. The van der Waals surface area contributed by atoms with Crippen LogP contribution in [0.3, 0.4) is 0 Å². The Morgan fingerprint density at radius 3 is 2.76 bits per heavy atom. The molecule has 0 saturated carbocycles. The minimum absolute atomic E-state index is 0.188. The third-order valence-electron chi connectivity index (χ3n) is 2.69. The van der Waals surface area contributed by atoms with Gasteiger partial charge in [-0.1, -0.05) is 13.3 Å². The van der Waals surface area contributed by atoms with Crippen LogP contribution in [0.25, 0.3) is 0 Å². The topological polar surface area (TPSA) is 68.2 Å². The van der Waals surface area contributed by atoms with E-state index in [1.54, 1.807) is 24.7 Å². The van der Waals surface area contributed by atoms with E-state index < -0.39 is 5.97 Å². The normalized spacial score (nSPS) is 10.5. The lowest BCUT2D eigenvalue weighted by molar-refractivity contribution is 0.0371. The van der Waals surface area contributed by atoms with E-state index in [0.717, 1.165) is 19.4 Å². The van der Waals surface area contributed by atoms with Crippen molar-refractivity contribution in [3.8, 4) is 0 Å². The van der Waals surface area contributed by atoms with Crippen LogP contribution in [0.4, 0.5) is 5.69 Å². The summed E-state index contributed by atoms with van der Waals surface area (Å²) in [5, 5.41) is 10.8. The zero-order valence-corrected chi connectivity index (χ0v) is 13.9. The van der Waals surface area contributed by atoms with Gasteiger partial charge in [0.15, 0.2) is 10.8 Å².